The smallest absolute Gasteiger partial charge is 0.146 e. The molecule has 18 heavy (non-hydrogen) atoms. The molecule has 1 N–H and O–H groups in total. The second-order valence-electron chi connectivity index (χ2n) is 3.74. The summed E-state index contributed by atoms with van der Waals surface area (Å²) in [5.41, 5.74) is 0.997. The maximum atomic E-state index is 13.5. The van der Waals surface area contributed by atoms with Crippen LogP contribution < -0.4 is 5.32 Å². The van der Waals surface area contributed by atoms with E-state index in [0.29, 0.717) is 16.3 Å². The highest BCUT2D eigenvalue weighted by Crippen LogP contribution is 2.23. The van der Waals surface area contributed by atoms with E-state index in [1.165, 1.54) is 6.07 Å². The molecule has 2 aromatic rings. The Morgan fingerprint density at radius 2 is 1.94 bits per heavy atom. The molecule has 0 radical (unpaired) electrons. The van der Waals surface area contributed by atoms with Crippen LogP contribution >= 0.6 is 11.6 Å². The van der Waals surface area contributed by atoms with Crippen LogP contribution in [0.15, 0.2) is 48.5 Å². The standard InChI is InChI=1S/C14H10ClFN2/c15-11-5-3-4-10(8-11)14(9-17)18-13-7-2-1-6-12(13)16/h1-8,14,18H. The van der Waals surface area contributed by atoms with Gasteiger partial charge in [0.25, 0.3) is 0 Å². The molecular formula is C14H10ClFN2. The number of hydrogen-bond donors (Lipinski definition) is 1. The van der Waals surface area contributed by atoms with Gasteiger partial charge < -0.3 is 5.32 Å². The highest BCUT2D eigenvalue weighted by atomic mass is 35.5. The third kappa shape index (κ3) is 2.79. The maximum absolute atomic E-state index is 13.5. The molecule has 2 nitrogen and oxygen atoms in total. The molecule has 2 rings (SSSR count). The van der Waals surface area contributed by atoms with E-state index in [0.717, 1.165) is 0 Å². The summed E-state index contributed by atoms with van der Waals surface area (Å²) in [6, 6.07) is 14.6. The molecule has 1 atom stereocenters. The highest BCUT2D eigenvalue weighted by molar-refractivity contribution is 6.30. The summed E-state index contributed by atoms with van der Waals surface area (Å²) in [4.78, 5) is 0. The third-order valence-corrected chi connectivity index (χ3v) is 2.72. The molecule has 0 spiro atoms. The zero-order valence-electron chi connectivity index (χ0n) is 9.40. The van der Waals surface area contributed by atoms with Crippen molar-refractivity contribution in [3.63, 3.8) is 0 Å². The van der Waals surface area contributed by atoms with Crippen LogP contribution in [0, 0.1) is 17.1 Å². The quantitative estimate of drug-likeness (QED) is 0.900. The Morgan fingerprint density at radius 1 is 1.17 bits per heavy atom. The Hall–Kier alpha value is -2.05. The number of benzene rings is 2. The van der Waals surface area contributed by atoms with Gasteiger partial charge in [0.1, 0.15) is 11.9 Å². The van der Waals surface area contributed by atoms with Crippen molar-refractivity contribution < 1.29 is 4.39 Å². The molecule has 0 bridgehead atoms. The van der Waals surface area contributed by atoms with Gasteiger partial charge in [0, 0.05) is 5.02 Å². The largest absolute Gasteiger partial charge is 0.364 e. The average Bonchev–Trinajstić information content (AvgIpc) is 2.38. The fourth-order valence-electron chi connectivity index (χ4n) is 1.61. The first-order valence-electron chi connectivity index (χ1n) is 5.37. The van der Waals surface area contributed by atoms with Gasteiger partial charge in [0.15, 0.2) is 0 Å². The summed E-state index contributed by atoms with van der Waals surface area (Å²) in [6.07, 6.45) is 0. The maximum Gasteiger partial charge on any atom is 0.146 e. The minimum atomic E-state index is -0.638. The molecule has 0 heterocycles. The first kappa shape index (κ1) is 12.4. The lowest BCUT2D eigenvalue weighted by atomic mass is 10.1. The predicted octanol–water partition coefficient (Wildman–Crippen LogP) is 4.16. The molecule has 0 fully saturated rings. The van der Waals surface area contributed by atoms with Crippen molar-refractivity contribution in [3.8, 4) is 6.07 Å². The molecule has 1 unspecified atom stereocenters. The fourth-order valence-corrected chi connectivity index (χ4v) is 1.81. The van der Waals surface area contributed by atoms with E-state index in [-0.39, 0.29) is 5.82 Å². The van der Waals surface area contributed by atoms with Crippen LogP contribution in [0.1, 0.15) is 11.6 Å². The first-order valence-corrected chi connectivity index (χ1v) is 5.74. The number of para-hydroxylation sites is 1. The molecule has 0 aliphatic heterocycles. The lowest BCUT2D eigenvalue weighted by Gasteiger charge is -2.14. The van der Waals surface area contributed by atoms with E-state index < -0.39 is 6.04 Å². The Bertz CT molecular complexity index is 592. The second-order valence-corrected chi connectivity index (χ2v) is 4.18. The number of nitriles is 1. The fraction of sp³-hybridized carbons (Fsp3) is 0.0714. The molecule has 0 aliphatic carbocycles. The van der Waals surface area contributed by atoms with E-state index >= 15 is 0 Å². The molecule has 0 aliphatic rings. The molecule has 0 aromatic heterocycles. The topological polar surface area (TPSA) is 35.8 Å². The van der Waals surface area contributed by atoms with Crippen molar-refractivity contribution in [1.29, 1.82) is 5.26 Å². The molecule has 0 saturated heterocycles. The molecule has 2 aromatic carbocycles. The summed E-state index contributed by atoms with van der Waals surface area (Å²) in [5.74, 6) is -0.389. The summed E-state index contributed by atoms with van der Waals surface area (Å²) < 4.78 is 13.5. The van der Waals surface area contributed by atoms with E-state index in [2.05, 4.69) is 11.4 Å². The van der Waals surface area contributed by atoms with E-state index in [1.807, 2.05) is 0 Å². The van der Waals surface area contributed by atoms with Crippen molar-refractivity contribution in [2.24, 2.45) is 0 Å². The molecular weight excluding hydrogens is 251 g/mol. The van der Waals surface area contributed by atoms with Gasteiger partial charge in [0.2, 0.25) is 0 Å². The van der Waals surface area contributed by atoms with E-state index in [4.69, 9.17) is 16.9 Å². The van der Waals surface area contributed by atoms with E-state index in [1.54, 1.807) is 42.5 Å². The number of anilines is 1. The normalized spacial score (nSPS) is 11.6. The van der Waals surface area contributed by atoms with Gasteiger partial charge >= 0.3 is 0 Å². The van der Waals surface area contributed by atoms with Gasteiger partial charge in [-0.3, -0.25) is 0 Å². The summed E-state index contributed by atoms with van der Waals surface area (Å²) in [5, 5.41) is 12.5. The van der Waals surface area contributed by atoms with Gasteiger partial charge in [-0.05, 0) is 29.8 Å². The molecule has 4 heteroatoms. The average molecular weight is 261 g/mol. The van der Waals surface area contributed by atoms with Crippen LogP contribution in [0.3, 0.4) is 0 Å². The molecule has 0 amide bonds. The Kier molecular flexibility index (Phi) is 3.81. The monoisotopic (exact) mass is 260 g/mol. The number of rotatable bonds is 3. The Morgan fingerprint density at radius 3 is 2.61 bits per heavy atom. The third-order valence-electron chi connectivity index (χ3n) is 2.48. The van der Waals surface area contributed by atoms with Crippen molar-refractivity contribution in [2.75, 3.05) is 5.32 Å². The molecule has 90 valence electrons. The van der Waals surface area contributed by atoms with Crippen LogP contribution in [0.25, 0.3) is 0 Å². The van der Waals surface area contributed by atoms with Crippen molar-refractivity contribution in [2.45, 2.75) is 6.04 Å². The number of halogens is 2. The summed E-state index contributed by atoms with van der Waals surface area (Å²) in [7, 11) is 0. The van der Waals surface area contributed by atoms with Gasteiger partial charge in [-0.2, -0.15) is 5.26 Å². The van der Waals surface area contributed by atoms with Gasteiger partial charge in [0.05, 0.1) is 11.8 Å². The first-order chi connectivity index (χ1) is 8.70. The SMILES string of the molecule is N#CC(Nc1ccccc1F)c1cccc(Cl)c1. The predicted molar refractivity (Wildman–Crippen MR) is 69.8 cm³/mol. The lowest BCUT2D eigenvalue weighted by molar-refractivity contribution is 0.629. The zero-order chi connectivity index (χ0) is 13.0. The van der Waals surface area contributed by atoms with Gasteiger partial charge in [-0.15, -0.1) is 0 Å². The number of nitrogens with zero attached hydrogens (tertiary/aromatic N) is 1. The van der Waals surface area contributed by atoms with Crippen LogP contribution in [-0.4, -0.2) is 0 Å². The van der Waals surface area contributed by atoms with Crippen LogP contribution in [0.2, 0.25) is 5.02 Å². The van der Waals surface area contributed by atoms with Crippen LogP contribution in [-0.2, 0) is 0 Å². The number of nitrogens with one attached hydrogen (secondary N) is 1. The zero-order valence-corrected chi connectivity index (χ0v) is 10.2. The van der Waals surface area contributed by atoms with Crippen molar-refractivity contribution in [1.82, 2.24) is 0 Å². The van der Waals surface area contributed by atoms with Gasteiger partial charge in [-0.25, -0.2) is 4.39 Å². The van der Waals surface area contributed by atoms with Crippen molar-refractivity contribution in [3.05, 3.63) is 64.9 Å². The minimum absolute atomic E-state index is 0.295. The van der Waals surface area contributed by atoms with E-state index in [9.17, 15) is 4.39 Å². The Labute approximate surface area is 110 Å². The highest BCUT2D eigenvalue weighted by Gasteiger charge is 2.12. The number of hydrogen-bond acceptors (Lipinski definition) is 2. The Balaban J connectivity index is 2.26. The van der Waals surface area contributed by atoms with Crippen LogP contribution in [0.4, 0.5) is 10.1 Å². The molecule has 0 saturated carbocycles. The second kappa shape index (κ2) is 5.52. The lowest BCUT2D eigenvalue weighted by Crippen LogP contribution is -2.09. The minimum Gasteiger partial charge on any atom is -0.364 e. The van der Waals surface area contributed by atoms with Crippen LogP contribution in [0.5, 0.6) is 0 Å². The van der Waals surface area contributed by atoms with Gasteiger partial charge in [-0.1, -0.05) is 35.9 Å². The summed E-state index contributed by atoms with van der Waals surface area (Å²) in [6.45, 7) is 0. The summed E-state index contributed by atoms with van der Waals surface area (Å²) >= 11 is 5.87. The van der Waals surface area contributed by atoms with Crippen molar-refractivity contribution >= 4 is 17.3 Å².